The first-order valence-electron chi connectivity index (χ1n) is 14.7. The van der Waals surface area contributed by atoms with Gasteiger partial charge in [0.15, 0.2) is 6.10 Å². The van der Waals surface area contributed by atoms with E-state index in [-0.39, 0.29) is 31.6 Å². The van der Waals surface area contributed by atoms with Crippen molar-refractivity contribution in [2.45, 2.75) is 94.7 Å². The van der Waals surface area contributed by atoms with Gasteiger partial charge in [0.1, 0.15) is 23.7 Å². The fourth-order valence-corrected chi connectivity index (χ4v) is 6.20. The lowest BCUT2D eigenvalue weighted by Gasteiger charge is -2.49. The number of carbonyl (C=O) groups excluding carboxylic acids is 4. The molecule has 2 aliphatic heterocycles. The number of likely N-dealkylation sites (N-methyl/N-ethyl adjacent to an activating group) is 1. The molecule has 0 amide bonds. The number of rotatable bonds is 14. The third-order valence-corrected chi connectivity index (χ3v) is 8.18. The number of thioether (sulfide) groups is 1. The Hall–Kier alpha value is -2.75. The molecule has 1 aromatic carbocycles. The van der Waals surface area contributed by atoms with E-state index in [0.29, 0.717) is 18.7 Å². The summed E-state index contributed by atoms with van der Waals surface area (Å²) >= 11 is 1.34. The lowest BCUT2D eigenvalue weighted by atomic mass is 9.90. The number of carbonyl (C=O) groups is 4. The summed E-state index contributed by atoms with van der Waals surface area (Å²) in [7, 11) is 1.16. The Morgan fingerprint density at radius 1 is 1.07 bits per heavy atom. The van der Waals surface area contributed by atoms with Crippen molar-refractivity contribution in [2.24, 2.45) is 0 Å². The highest BCUT2D eigenvalue weighted by Gasteiger charge is 2.58. The molecule has 2 heterocycles. The number of esters is 4. The maximum Gasteiger partial charge on any atom is 0.366 e. The van der Waals surface area contributed by atoms with Gasteiger partial charge >= 0.3 is 23.9 Å². The van der Waals surface area contributed by atoms with Crippen LogP contribution in [0.25, 0.3) is 0 Å². The molecule has 246 valence electrons. The van der Waals surface area contributed by atoms with Crippen LogP contribution in [0.5, 0.6) is 0 Å². The zero-order valence-corrected chi connectivity index (χ0v) is 26.5. The average molecular weight is 642 g/mol. The molecule has 0 spiro atoms. The molecule has 0 saturated carbocycles. The maximum atomic E-state index is 13.6. The van der Waals surface area contributed by atoms with Gasteiger partial charge in [0.25, 0.3) is 5.79 Å². The highest BCUT2D eigenvalue weighted by molar-refractivity contribution is 7.99. The predicted octanol–water partition coefficient (Wildman–Crippen LogP) is 1.98. The van der Waals surface area contributed by atoms with Gasteiger partial charge in [-0.25, -0.2) is 9.59 Å². The van der Waals surface area contributed by atoms with E-state index >= 15 is 0 Å². The quantitative estimate of drug-likeness (QED) is 0.172. The van der Waals surface area contributed by atoms with Gasteiger partial charge in [-0.2, -0.15) is 0 Å². The van der Waals surface area contributed by atoms with Crippen molar-refractivity contribution in [1.82, 2.24) is 5.32 Å². The molecule has 13 nitrogen and oxygen atoms in total. The van der Waals surface area contributed by atoms with Gasteiger partial charge in [0.05, 0.1) is 44.5 Å². The molecule has 0 bridgehead atoms. The molecule has 44 heavy (non-hydrogen) atoms. The van der Waals surface area contributed by atoms with E-state index in [1.165, 1.54) is 25.6 Å². The van der Waals surface area contributed by atoms with Crippen molar-refractivity contribution in [3.63, 3.8) is 0 Å². The molecule has 0 aliphatic carbocycles. The molecule has 3 rings (SSSR count). The largest absolute Gasteiger partial charge is 0.466 e. The Morgan fingerprint density at radius 3 is 2.41 bits per heavy atom. The van der Waals surface area contributed by atoms with Crippen LogP contribution in [0.4, 0.5) is 0 Å². The fourth-order valence-electron chi connectivity index (χ4n) is 5.29. The summed E-state index contributed by atoms with van der Waals surface area (Å²) < 4.78 is 40.4. The van der Waals surface area contributed by atoms with Crippen molar-refractivity contribution < 1.29 is 57.4 Å². The maximum absolute atomic E-state index is 13.6. The second-order valence-electron chi connectivity index (χ2n) is 10.4. The molecule has 0 aromatic heterocycles. The minimum atomic E-state index is -2.17. The van der Waals surface area contributed by atoms with E-state index in [0.717, 1.165) is 7.11 Å². The topological polar surface area (TPSA) is 165 Å². The molecule has 2 saturated heterocycles. The van der Waals surface area contributed by atoms with E-state index < -0.39 is 71.7 Å². The molecule has 2 aliphatic rings. The Balaban J connectivity index is 2.00. The number of aliphatic hydroxyl groups is 1. The summed E-state index contributed by atoms with van der Waals surface area (Å²) in [6.07, 6.45) is -5.13. The van der Waals surface area contributed by atoms with Gasteiger partial charge in [-0.3, -0.25) is 9.59 Å². The van der Waals surface area contributed by atoms with E-state index in [1.807, 2.05) is 13.8 Å². The van der Waals surface area contributed by atoms with Crippen LogP contribution in [0.1, 0.15) is 57.3 Å². The Bertz CT molecular complexity index is 1110. The second kappa shape index (κ2) is 17.1. The normalized spacial score (nSPS) is 30.2. The standard InChI is InChI=1S/C30H43NO12S/c1-6-31-24-22(14-11-15-38-18(3)32)42-30(29(36)37-5,16-23(24)40-19(4)33)43-25-21(34)17-39-28(44-7-2)26(25)41-27(35)20-12-9-8-10-13-20/h8-10,12-13,21-26,28,31,34H,6-7,11,14-17H2,1-5H3. The molecule has 2 fully saturated rings. The van der Waals surface area contributed by atoms with Crippen LogP contribution < -0.4 is 5.32 Å². The molecule has 14 heteroatoms. The first-order valence-corrected chi connectivity index (χ1v) is 15.7. The van der Waals surface area contributed by atoms with Gasteiger partial charge in [0.2, 0.25) is 0 Å². The van der Waals surface area contributed by atoms with E-state index in [2.05, 4.69) is 5.32 Å². The van der Waals surface area contributed by atoms with Crippen LogP contribution in [0, 0.1) is 0 Å². The number of hydrogen-bond donors (Lipinski definition) is 2. The van der Waals surface area contributed by atoms with Crippen molar-refractivity contribution in [2.75, 3.05) is 32.6 Å². The molecule has 8 unspecified atom stereocenters. The Kier molecular flexibility index (Phi) is 13.9. The van der Waals surface area contributed by atoms with Crippen molar-refractivity contribution in [3.8, 4) is 0 Å². The van der Waals surface area contributed by atoms with Gasteiger partial charge in [0, 0.05) is 13.8 Å². The van der Waals surface area contributed by atoms with Crippen LogP contribution in [0.3, 0.4) is 0 Å². The Morgan fingerprint density at radius 2 is 1.80 bits per heavy atom. The van der Waals surface area contributed by atoms with Crippen LogP contribution in [-0.2, 0) is 47.5 Å². The summed E-state index contributed by atoms with van der Waals surface area (Å²) in [4.78, 5) is 50.2. The molecular formula is C30H43NO12S. The van der Waals surface area contributed by atoms with Crippen LogP contribution >= 0.6 is 11.8 Å². The van der Waals surface area contributed by atoms with Crippen LogP contribution in [0.15, 0.2) is 30.3 Å². The van der Waals surface area contributed by atoms with Crippen molar-refractivity contribution in [3.05, 3.63) is 35.9 Å². The lowest BCUT2D eigenvalue weighted by molar-refractivity contribution is -0.335. The molecule has 0 radical (unpaired) electrons. The number of hydrogen-bond acceptors (Lipinski definition) is 14. The fraction of sp³-hybridized carbons (Fsp3) is 0.667. The van der Waals surface area contributed by atoms with Gasteiger partial charge in [-0.05, 0) is 37.3 Å². The number of benzene rings is 1. The molecular weight excluding hydrogens is 598 g/mol. The molecule has 1 aromatic rings. The zero-order valence-electron chi connectivity index (χ0n) is 25.7. The molecule has 2 N–H and O–H groups in total. The highest BCUT2D eigenvalue weighted by Crippen LogP contribution is 2.39. The van der Waals surface area contributed by atoms with Crippen LogP contribution in [0.2, 0.25) is 0 Å². The first-order chi connectivity index (χ1) is 21.0. The highest BCUT2D eigenvalue weighted by atomic mass is 32.2. The number of methoxy groups -OCH3 is 1. The minimum Gasteiger partial charge on any atom is -0.466 e. The third kappa shape index (κ3) is 9.38. The van der Waals surface area contributed by atoms with Crippen LogP contribution in [-0.4, -0.2) is 109 Å². The minimum absolute atomic E-state index is 0.102. The Labute approximate surface area is 261 Å². The van der Waals surface area contributed by atoms with Crippen molar-refractivity contribution >= 4 is 35.6 Å². The number of nitrogens with one attached hydrogen (secondary N) is 1. The van der Waals surface area contributed by atoms with E-state index in [4.69, 9.17) is 33.2 Å². The summed E-state index contributed by atoms with van der Waals surface area (Å²) in [5, 5.41) is 14.4. The lowest BCUT2D eigenvalue weighted by Crippen LogP contribution is -2.67. The monoisotopic (exact) mass is 641 g/mol. The molecule has 8 atom stereocenters. The van der Waals surface area contributed by atoms with Gasteiger partial charge < -0.3 is 43.6 Å². The van der Waals surface area contributed by atoms with E-state index in [1.54, 1.807) is 30.3 Å². The second-order valence-corrected chi connectivity index (χ2v) is 11.7. The van der Waals surface area contributed by atoms with Gasteiger partial charge in [-0.1, -0.05) is 32.0 Å². The average Bonchev–Trinajstić information content (AvgIpc) is 2.99. The van der Waals surface area contributed by atoms with Crippen molar-refractivity contribution in [1.29, 1.82) is 0 Å². The van der Waals surface area contributed by atoms with E-state index in [9.17, 15) is 24.3 Å². The first kappa shape index (κ1) is 35.7. The summed E-state index contributed by atoms with van der Waals surface area (Å²) in [5.41, 5.74) is -0.461. The van der Waals surface area contributed by atoms with Gasteiger partial charge in [-0.15, -0.1) is 11.8 Å². The third-order valence-electron chi connectivity index (χ3n) is 7.12. The predicted molar refractivity (Wildman–Crippen MR) is 158 cm³/mol. The summed E-state index contributed by atoms with van der Waals surface area (Å²) in [6.45, 7) is 6.75. The zero-order chi connectivity index (χ0) is 32.3. The number of ether oxygens (including phenoxy) is 7. The smallest absolute Gasteiger partial charge is 0.366 e. The summed E-state index contributed by atoms with van der Waals surface area (Å²) in [6, 6.07) is 7.76. The summed E-state index contributed by atoms with van der Waals surface area (Å²) in [5.74, 6) is -4.21. The number of aliphatic hydroxyl groups excluding tert-OH is 1. The SMILES string of the molecule is CCNC1C(OC(C)=O)CC(OC2C(O)COC(SCC)C2OC(=O)c2ccccc2)(C(=O)OC)OC1CCCOC(C)=O.